The molecule has 0 saturated carbocycles. The molecule has 2 aromatic heterocycles. The lowest BCUT2D eigenvalue weighted by Crippen LogP contribution is -2.42. The van der Waals surface area contributed by atoms with Gasteiger partial charge in [0.25, 0.3) is 0 Å². The third-order valence-corrected chi connectivity index (χ3v) is 4.53. The van der Waals surface area contributed by atoms with Gasteiger partial charge in [0.05, 0.1) is 17.4 Å². The van der Waals surface area contributed by atoms with E-state index in [1.807, 2.05) is 19.2 Å². The summed E-state index contributed by atoms with van der Waals surface area (Å²) in [6.07, 6.45) is 5.01. The van der Waals surface area contributed by atoms with Crippen LogP contribution in [0, 0.1) is 6.92 Å². The van der Waals surface area contributed by atoms with Gasteiger partial charge < -0.3 is 9.88 Å². The van der Waals surface area contributed by atoms with Crippen LogP contribution in [0.2, 0.25) is 0 Å². The van der Waals surface area contributed by atoms with E-state index in [4.69, 9.17) is 0 Å². The van der Waals surface area contributed by atoms with Gasteiger partial charge in [-0.25, -0.2) is 4.98 Å². The number of amides is 1. The summed E-state index contributed by atoms with van der Waals surface area (Å²) in [5.41, 5.74) is 1.54. The molecule has 0 fully saturated rings. The second-order valence-electron chi connectivity index (χ2n) is 6.44. The van der Waals surface area contributed by atoms with Crippen LogP contribution in [0.4, 0.5) is 0 Å². The third kappa shape index (κ3) is 3.05. The molecule has 128 valence electrons. The Morgan fingerprint density at radius 1 is 1.36 bits per heavy atom. The van der Waals surface area contributed by atoms with Crippen LogP contribution in [0.25, 0.3) is 10.9 Å². The van der Waals surface area contributed by atoms with Crippen molar-refractivity contribution >= 4 is 16.8 Å². The summed E-state index contributed by atoms with van der Waals surface area (Å²) in [6, 6.07) is 7.28. The second kappa shape index (κ2) is 6.16. The summed E-state index contributed by atoms with van der Waals surface area (Å²) in [5.74, 6) is 0.975. The van der Waals surface area contributed by atoms with E-state index in [0.29, 0.717) is 10.9 Å². The summed E-state index contributed by atoms with van der Waals surface area (Å²) < 4.78 is 3.68. The lowest BCUT2D eigenvalue weighted by atomic mass is 10.1. The van der Waals surface area contributed by atoms with E-state index in [1.165, 1.54) is 6.20 Å². The van der Waals surface area contributed by atoms with Crippen molar-refractivity contribution in [1.29, 1.82) is 0 Å². The number of carbonyl (C=O) groups excluding carboxylic acids is 1. The molecule has 0 saturated heterocycles. The van der Waals surface area contributed by atoms with Crippen LogP contribution >= 0.6 is 0 Å². The maximum atomic E-state index is 12.5. The lowest BCUT2D eigenvalue weighted by Gasteiger charge is -2.24. The molecule has 0 bridgehead atoms. The molecule has 1 aromatic carbocycles. The monoisotopic (exact) mass is 337 g/mol. The number of imidazole rings is 1. The number of nitrogens with zero attached hydrogens (tertiary/aromatic N) is 4. The summed E-state index contributed by atoms with van der Waals surface area (Å²) >= 11 is 0. The Morgan fingerprint density at radius 3 is 3.08 bits per heavy atom. The van der Waals surface area contributed by atoms with Crippen LogP contribution in [-0.2, 0) is 24.3 Å². The summed E-state index contributed by atoms with van der Waals surface area (Å²) in [5, 5.41) is 7.75. The largest absolute Gasteiger partial charge is 0.350 e. The highest BCUT2D eigenvalue weighted by Gasteiger charge is 2.21. The molecule has 1 atom stereocenters. The highest BCUT2D eigenvalue weighted by molar-refractivity contribution is 5.81. The van der Waals surface area contributed by atoms with Crippen LogP contribution in [0.5, 0.6) is 0 Å². The Bertz CT molecular complexity index is 1000. The van der Waals surface area contributed by atoms with Crippen LogP contribution < -0.4 is 10.7 Å². The summed E-state index contributed by atoms with van der Waals surface area (Å²) in [4.78, 5) is 28.8. The van der Waals surface area contributed by atoms with Crippen molar-refractivity contribution in [2.45, 2.75) is 38.9 Å². The molecule has 3 heterocycles. The van der Waals surface area contributed by atoms with Gasteiger partial charge >= 0.3 is 0 Å². The smallest absolute Gasteiger partial charge is 0.242 e. The first kappa shape index (κ1) is 15.6. The Kier molecular flexibility index (Phi) is 3.83. The van der Waals surface area contributed by atoms with Gasteiger partial charge in [0.1, 0.15) is 12.4 Å². The normalized spacial score (nSPS) is 16.6. The van der Waals surface area contributed by atoms with Crippen LogP contribution in [-0.4, -0.2) is 31.3 Å². The number of aromatic nitrogens is 4. The number of nitrogens with one attached hydrogen (secondary N) is 1. The fraction of sp³-hybridized carbons (Fsp3) is 0.333. The van der Waals surface area contributed by atoms with E-state index in [2.05, 4.69) is 20.0 Å². The minimum Gasteiger partial charge on any atom is -0.350 e. The summed E-state index contributed by atoms with van der Waals surface area (Å²) in [6.45, 7) is 2.80. The topological polar surface area (TPSA) is 81.8 Å². The Balaban J connectivity index is 1.48. The zero-order valence-corrected chi connectivity index (χ0v) is 14.0. The molecule has 25 heavy (non-hydrogen) atoms. The molecule has 0 aliphatic carbocycles. The number of fused-ring (bicyclic) bond motifs is 2. The van der Waals surface area contributed by atoms with E-state index < -0.39 is 0 Å². The summed E-state index contributed by atoms with van der Waals surface area (Å²) in [7, 11) is 0. The number of para-hydroxylation sites is 1. The molecule has 1 amide bonds. The molecule has 1 N–H and O–H groups in total. The van der Waals surface area contributed by atoms with Crippen molar-refractivity contribution in [1.82, 2.24) is 24.6 Å². The second-order valence-corrected chi connectivity index (χ2v) is 6.44. The van der Waals surface area contributed by atoms with E-state index in [0.717, 1.165) is 30.9 Å². The lowest BCUT2D eigenvalue weighted by molar-refractivity contribution is -0.122. The maximum absolute atomic E-state index is 12.5. The average Bonchev–Trinajstić information content (AvgIpc) is 2.97. The van der Waals surface area contributed by atoms with Crippen molar-refractivity contribution in [3.8, 4) is 0 Å². The van der Waals surface area contributed by atoms with Crippen molar-refractivity contribution in [3.05, 3.63) is 58.4 Å². The quantitative estimate of drug-likeness (QED) is 0.774. The van der Waals surface area contributed by atoms with Crippen molar-refractivity contribution in [3.63, 3.8) is 0 Å². The van der Waals surface area contributed by atoms with E-state index in [9.17, 15) is 9.59 Å². The van der Waals surface area contributed by atoms with Crippen LogP contribution in [0.3, 0.4) is 0 Å². The van der Waals surface area contributed by atoms with Gasteiger partial charge in [-0.15, -0.1) is 0 Å². The molecule has 1 aliphatic heterocycles. The van der Waals surface area contributed by atoms with E-state index in [1.54, 1.807) is 22.9 Å². The van der Waals surface area contributed by atoms with Gasteiger partial charge in [0, 0.05) is 30.6 Å². The number of hydrogen-bond acceptors (Lipinski definition) is 4. The number of benzene rings is 1. The number of aryl methyl sites for hydroxylation is 2. The first-order valence-corrected chi connectivity index (χ1v) is 8.37. The molecule has 0 radical (unpaired) electrons. The molecule has 7 nitrogen and oxygen atoms in total. The maximum Gasteiger partial charge on any atom is 0.242 e. The first-order valence-electron chi connectivity index (χ1n) is 8.37. The fourth-order valence-electron chi connectivity index (χ4n) is 3.40. The van der Waals surface area contributed by atoms with Gasteiger partial charge in [-0.3, -0.25) is 14.3 Å². The molecular formula is C18H19N5O2. The van der Waals surface area contributed by atoms with Gasteiger partial charge in [0.15, 0.2) is 0 Å². The standard InChI is InChI=1S/C18H19N5O2/c1-12-9-22-10-13(6-7-17(22)20-12)21-18(25)11-23-15-5-3-2-4-14(15)16(24)8-19-23/h2-5,8-9,13H,6-7,10-11H2,1H3,(H,21,25). The molecule has 0 spiro atoms. The van der Waals surface area contributed by atoms with Gasteiger partial charge in [-0.05, 0) is 25.5 Å². The predicted octanol–water partition coefficient (Wildman–Crippen LogP) is 1.03. The van der Waals surface area contributed by atoms with Crippen LogP contribution in [0.1, 0.15) is 17.9 Å². The zero-order valence-electron chi connectivity index (χ0n) is 14.0. The molecule has 1 aliphatic rings. The zero-order chi connectivity index (χ0) is 17.4. The third-order valence-electron chi connectivity index (χ3n) is 4.53. The highest BCUT2D eigenvalue weighted by atomic mass is 16.2. The predicted molar refractivity (Wildman–Crippen MR) is 93.2 cm³/mol. The van der Waals surface area contributed by atoms with Crippen LogP contribution in [0.15, 0.2) is 41.5 Å². The number of rotatable bonds is 3. The molecule has 3 aromatic rings. The minimum atomic E-state index is -0.137. The van der Waals surface area contributed by atoms with Crippen molar-refractivity contribution < 1.29 is 4.79 Å². The van der Waals surface area contributed by atoms with Gasteiger partial charge in [-0.2, -0.15) is 5.10 Å². The van der Waals surface area contributed by atoms with Gasteiger partial charge in [0.2, 0.25) is 11.3 Å². The number of carbonyl (C=O) groups is 1. The molecule has 7 heteroatoms. The van der Waals surface area contributed by atoms with E-state index in [-0.39, 0.29) is 23.9 Å². The average molecular weight is 337 g/mol. The Labute approximate surface area is 144 Å². The molecule has 4 rings (SSSR count). The minimum absolute atomic E-state index is 0.0826. The van der Waals surface area contributed by atoms with Crippen molar-refractivity contribution in [2.24, 2.45) is 0 Å². The van der Waals surface area contributed by atoms with Crippen molar-refractivity contribution in [2.75, 3.05) is 0 Å². The first-order chi connectivity index (χ1) is 12.1. The SMILES string of the molecule is Cc1cn2c(n1)CCC(NC(=O)Cn1ncc(=O)c3ccccc31)C2. The van der Waals surface area contributed by atoms with Gasteiger partial charge in [-0.1, -0.05) is 12.1 Å². The molecule has 1 unspecified atom stereocenters. The molecular weight excluding hydrogens is 318 g/mol. The highest BCUT2D eigenvalue weighted by Crippen LogP contribution is 2.15. The Morgan fingerprint density at radius 2 is 2.20 bits per heavy atom. The Hall–Kier alpha value is -2.96. The van der Waals surface area contributed by atoms with E-state index >= 15 is 0 Å². The number of hydrogen-bond donors (Lipinski definition) is 1. The fourth-order valence-corrected chi connectivity index (χ4v) is 3.40.